The molecule has 16 nitrogen and oxygen atoms in total. The van der Waals surface area contributed by atoms with Gasteiger partial charge < -0.3 is 39.6 Å². The minimum atomic E-state index is -4.03. The Hall–Kier alpha value is -4.64. The van der Waals surface area contributed by atoms with Crippen molar-refractivity contribution in [2.45, 2.75) is 94.2 Å². The van der Waals surface area contributed by atoms with Crippen LogP contribution < -0.4 is 29.6 Å². The van der Waals surface area contributed by atoms with Crippen molar-refractivity contribution in [1.82, 2.24) is 25.2 Å². The fourth-order valence-corrected chi connectivity index (χ4v) is 9.06. The molecule has 1 saturated heterocycles. The van der Waals surface area contributed by atoms with Crippen LogP contribution in [0.3, 0.4) is 0 Å². The van der Waals surface area contributed by atoms with E-state index < -0.39 is 74.1 Å². The van der Waals surface area contributed by atoms with Gasteiger partial charge in [0, 0.05) is 36.1 Å². The minimum absolute atomic E-state index is 0.0379. The van der Waals surface area contributed by atoms with E-state index in [1.54, 1.807) is 32.2 Å². The molecule has 1 aromatic heterocycles. The Labute approximate surface area is 320 Å². The molecule has 2 aliphatic carbocycles. The lowest BCUT2D eigenvalue weighted by Gasteiger charge is -2.33. The molecule has 2 saturated carbocycles. The van der Waals surface area contributed by atoms with Crippen LogP contribution in [0.2, 0.25) is 0 Å². The first kappa shape index (κ1) is 40.0. The van der Waals surface area contributed by atoms with Gasteiger partial charge in [0.2, 0.25) is 27.7 Å². The first-order chi connectivity index (χ1) is 26.1. The summed E-state index contributed by atoms with van der Waals surface area (Å²) in [6.45, 7) is 5.77. The van der Waals surface area contributed by atoms with Crippen LogP contribution in [0.15, 0.2) is 36.5 Å². The molecule has 2 aromatic rings. The molecule has 3 heterocycles. The Kier molecular flexibility index (Phi) is 11.5. The summed E-state index contributed by atoms with van der Waals surface area (Å²) >= 11 is 0. The van der Waals surface area contributed by atoms with Gasteiger partial charge in [0.1, 0.15) is 35.2 Å². The Morgan fingerprint density at radius 1 is 1.15 bits per heavy atom. The highest BCUT2D eigenvalue weighted by molar-refractivity contribution is 7.91. The third-order valence-corrected chi connectivity index (χ3v) is 13.5. The normalized spacial score (nSPS) is 29.1. The van der Waals surface area contributed by atoms with Crippen molar-refractivity contribution in [3.8, 4) is 17.4 Å². The molecule has 300 valence electrons. The van der Waals surface area contributed by atoms with Crippen LogP contribution in [-0.4, -0.2) is 110 Å². The molecular formula is C38H51N5O11S. The minimum Gasteiger partial charge on any atom is -0.497 e. The second-order valence-corrected chi connectivity index (χ2v) is 17.6. The smallest absolute Gasteiger partial charge is 0.405 e. The standard InChI is InChI=1S/C38H51N5O11S/c1-6-53-30-19-39-33(27-12-11-25(52-5)16-28(27)30)54-26-17-29-32(44)41-38(35(46)42-55(49,50)37(3)13-14-37)18-24(38)10-8-7-9-22(2)15-23(21-51-4)31(40-36(47)48)34(45)43(29)20-26/h8,10-12,16,19,22-24,26,29,31,40H,6-7,9,13-15,17-18,20-21H2,1-5H3,(H,41,44)(H,42,46)(H,47,48)/t22-,23+,24-,26-,29+,31+,38-/m1/s1. The van der Waals surface area contributed by atoms with E-state index in [9.17, 15) is 32.7 Å². The quantitative estimate of drug-likeness (QED) is 0.242. The molecule has 2 aliphatic heterocycles. The van der Waals surface area contributed by atoms with E-state index in [4.69, 9.17) is 18.9 Å². The lowest BCUT2D eigenvalue weighted by molar-refractivity contribution is -0.142. The molecule has 1 aromatic carbocycles. The summed E-state index contributed by atoms with van der Waals surface area (Å²) in [6, 6.07) is 2.81. The van der Waals surface area contributed by atoms with Crippen molar-refractivity contribution in [3.05, 3.63) is 36.5 Å². The average molecular weight is 786 g/mol. The number of nitrogens with zero attached hydrogens (tertiary/aromatic N) is 2. The molecule has 55 heavy (non-hydrogen) atoms. The number of carbonyl (C=O) groups excluding carboxylic acids is 3. The fourth-order valence-electron chi connectivity index (χ4n) is 7.74. The Morgan fingerprint density at radius 3 is 2.58 bits per heavy atom. The van der Waals surface area contributed by atoms with E-state index in [0.717, 1.165) is 0 Å². The molecule has 4 amide bonds. The number of benzene rings is 1. The van der Waals surface area contributed by atoms with Crippen molar-refractivity contribution in [2.24, 2.45) is 17.8 Å². The van der Waals surface area contributed by atoms with Gasteiger partial charge in [0.15, 0.2) is 0 Å². The third kappa shape index (κ3) is 8.32. The largest absolute Gasteiger partial charge is 0.497 e. The number of carboxylic acid groups (broad SMARTS) is 1. The second kappa shape index (κ2) is 15.8. The molecule has 6 rings (SSSR count). The van der Waals surface area contributed by atoms with Crippen LogP contribution in [0.1, 0.15) is 65.7 Å². The van der Waals surface area contributed by atoms with E-state index in [1.807, 2.05) is 26.0 Å². The first-order valence-corrected chi connectivity index (χ1v) is 20.2. The monoisotopic (exact) mass is 785 g/mol. The highest BCUT2D eigenvalue weighted by atomic mass is 32.2. The zero-order valence-electron chi connectivity index (χ0n) is 31.8. The van der Waals surface area contributed by atoms with E-state index in [0.29, 0.717) is 61.0 Å². The summed E-state index contributed by atoms with van der Waals surface area (Å²) in [6.07, 6.45) is 5.76. The maximum Gasteiger partial charge on any atom is 0.405 e. The number of rotatable bonds is 11. The van der Waals surface area contributed by atoms with Gasteiger partial charge in [-0.1, -0.05) is 19.1 Å². The molecule has 0 spiro atoms. The highest BCUT2D eigenvalue weighted by Crippen LogP contribution is 2.48. The average Bonchev–Trinajstić information content (AvgIpc) is 4.02. The number of carbonyl (C=O) groups is 4. The number of fused-ring (bicyclic) bond motifs is 3. The summed E-state index contributed by atoms with van der Waals surface area (Å²) in [7, 11) is -1.00. The lowest BCUT2D eigenvalue weighted by Crippen LogP contribution is -2.59. The number of sulfonamides is 1. The number of hydrogen-bond donors (Lipinski definition) is 4. The molecule has 0 radical (unpaired) electrons. The molecule has 4 aliphatic rings. The predicted molar refractivity (Wildman–Crippen MR) is 200 cm³/mol. The summed E-state index contributed by atoms with van der Waals surface area (Å²) < 4.78 is 50.7. The highest BCUT2D eigenvalue weighted by Gasteiger charge is 2.63. The van der Waals surface area contributed by atoms with Crippen molar-refractivity contribution in [2.75, 3.05) is 34.0 Å². The molecule has 0 bridgehead atoms. The Balaban J connectivity index is 1.37. The van der Waals surface area contributed by atoms with E-state index in [2.05, 4.69) is 20.3 Å². The Morgan fingerprint density at radius 2 is 1.91 bits per heavy atom. The molecule has 3 fully saturated rings. The summed E-state index contributed by atoms with van der Waals surface area (Å²) in [4.78, 5) is 61.0. The molecule has 4 N–H and O–H groups in total. The van der Waals surface area contributed by atoms with Crippen molar-refractivity contribution < 1.29 is 51.6 Å². The molecule has 0 unspecified atom stereocenters. The summed E-state index contributed by atoms with van der Waals surface area (Å²) in [5.74, 6) is -1.90. The SMILES string of the molecule is CCOc1cnc(O[C@@H]2C[C@H]3C(=O)N[C@]4(C(=O)NS(=O)(=O)C5(C)CC5)C[C@H]4C=CCC[C@@H](C)C[C@@H](COC)[C@H](NC(=O)O)C(=O)N3C2)c2ccc(OC)cc12. The van der Waals surface area contributed by atoms with Crippen LogP contribution in [0.4, 0.5) is 4.79 Å². The number of nitrogens with one attached hydrogen (secondary N) is 3. The maximum atomic E-state index is 14.6. The van der Waals surface area contributed by atoms with Crippen LogP contribution in [0.5, 0.6) is 17.4 Å². The van der Waals surface area contributed by atoms with Crippen LogP contribution in [0, 0.1) is 17.8 Å². The number of allylic oxidation sites excluding steroid dienone is 1. The van der Waals surface area contributed by atoms with Gasteiger partial charge in [-0.15, -0.1) is 0 Å². The fraction of sp³-hybridized carbons (Fsp3) is 0.605. The van der Waals surface area contributed by atoms with Gasteiger partial charge in [-0.25, -0.2) is 18.2 Å². The van der Waals surface area contributed by atoms with Gasteiger partial charge in [-0.05, 0) is 76.5 Å². The van der Waals surface area contributed by atoms with E-state index >= 15 is 0 Å². The van der Waals surface area contributed by atoms with Gasteiger partial charge in [0.25, 0.3) is 5.91 Å². The van der Waals surface area contributed by atoms with E-state index in [1.165, 1.54) is 18.2 Å². The number of hydrogen-bond acceptors (Lipinski definition) is 11. The zero-order chi connectivity index (χ0) is 39.7. The van der Waals surface area contributed by atoms with Gasteiger partial charge in [0.05, 0.1) is 37.8 Å². The lowest BCUT2D eigenvalue weighted by atomic mass is 9.87. The van der Waals surface area contributed by atoms with Crippen molar-refractivity contribution in [1.29, 1.82) is 0 Å². The molecular weight excluding hydrogens is 735 g/mol. The number of aromatic nitrogens is 1. The van der Waals surface area contributed by atoms with Crippen molar-refractivity contribution in [3.63, 3.8) is 0 Å². The first-order valence-electron chi connectivity index (χ1n) is 18.8. The van der Waals surface area contributed by atoms with Crippen molar-refractivity contribution >= 4 is 44.6 Å². The second-order valence-electron chi connectivity index (χ2n) is 15.4. The predicted octanol–water partition coefficient (Wildman–Crippen LogP) is 3.14. The van der Waals surface area contributed by atoms with E-state index in [-0.39, 0.29) is 37.8 Å². The summed E-state index contributed by atoms with van der Waals surface area (Å²) in [5, 5.41) is 16.4. The number of methoxy groups -OCH3 is 2. The maximum absolute atomic E-state index is 14.6. The van der Waals surface area contributed by atoms with Crippen LogP contribution in [0.25, 0.3) is 10.8 Å². The van der Waals surface area contributed by atoms with Crippen LogP contribution >= 0.6 is 0 Å². The molecule has 7 atom stereocenters. The molecule has 17 heteroatoms. The van der Waals surface area contributed by atoms with Gasteiger partial charge in [-0.3, -0.25) is 19.1 Å². The summed E-state index contributed by atoms with van der Waals surface area (Å²) in [5.41, 5.74) is -1.57. The van der Waals surface area contributed by atoms with Gasteiger partial charge >= 0.3 is 6.09 Å². The number of ether oxygens (including phenoxy) is 4. The van der Waals surface area contributed by atoms with Gasteiger partial charge in [-0.2, -0.15) is 0 Å². The Bertz CT molecular complexity index is 1950. The number of pyridine rings is 1. The number of amides is 4. The topological polar surface area (TPSA) is 212 Å². The zero-order valence-corrected chi connectivity index (χ0v) is 32.6. The van der Waals surface area contributed by atoms with Crippen LogP contribution in [-0.2, 0) is 29.1 Å². The third-order valence-electron chi connectivity index (χ3n) is 11.3.